The Morgan fingerprint density at radius 3 is 1.76 bits per heavy atom. The molecule has 2 aliphatic carbocycles. The van der Waals surface area contributed by atoms with Crippen LogP contribution >= 0.6 is 0 Å². The molecule has 2 aliphatic rings. The fourth-order valence-corrected chi connectivity index (χ4v) is 3.40. The SMILES string of the molecule is CC1CC=C(N(C2=CCC(C)CC2)c2ccccc2)CC1. The first-order valence-electron chi connectivity index (χ1n) is 8.47. The molecule has 0 spiro atoms. The first-order valence-corrected chi connectivity index (χ1v) is 8.47. The van der Waals surface area contributed by atoms with Crippen molar-refractivity contribution in [1.29, 1.82) is 0 Å². The van der Waals surface area contributed by atoms with E-state index in [0.717, 1.165) is 11.8 Å². The lowest BCUT2D eigenvalue weighted by Crippen LogP contribution is -2.26. The summed E-state index contributed by atoms with van der Waals surface area (Å²) in [5.74, 6) is 1.68. The van der Waals surface area contributed by atoms with Gasteiger partial charge in [0.1, 0.15) is 0 Å². The topological polar surface area (TPSA) is 3.24 Å². The minimum Gasteiger partial charge on any atom is -0.319 e. The van der Waals surface area contributed by atoms with Crippen LogP contribution in [0.4, 0.5) is 5.69 Å². The number of para-hydroxylation sites is 1. The fraction of sp³-hybridized carbons (Fsp3) is 0.500. The maximum Gasteiger partial charge on any atom is 0.0454 e. The second-order valence-electron chi connectivity index (χ2n) is 6.82. The third kappa shape index (κ3) is 3.40. The van der Waals surface area contributed by atoms with Crippen molar-refractivity contribution in [2.45, 2.75) is 52.4 Å². The van der Waals surface area contributed by atoms with Gasteiger partial charge in [-0.1, -0.05) is 44.2 Å². The molecule has 0 aliphatic heterocycles. The first-order chi connectivity index (χ1) is 10.2. The van der Waals surface area contributed by atoms with Crippen molar-refractivity contribution in [3.05, 3.63) is 53.9 Å². The van der Waals surface area contributed by atoms with Gasteiger partial charge in [-0.05, 0) is 62.5 Å². The minimum atomic E-state index is 0.840. The van der Waals surface area contributed by atoms with Crippen LogP contribution in [0, 0.1) is 11.8 Å². The molecule has 0 N–H and O–H groups in total. The molecule has 1 nitrogen and oxygen atoms in total. The molecule has 0 heterocycles. The van der Waals surface area contributed by atoms with Gasteiger partial charge < -0.3 is 4.90 Å². The smallest absolute Gasteiger partial charge is 0.0454 e. The van der Waals surface area contributed by atoms with Crippen LogP contribution in [0.5, 0.6) is 0 Å². The number of anilines is 1. The van der Waals surface area contributed by atoms with E-state index in [-0.39, 0.29) is 0 Å². The Kier molecular flexibility index (Phi) is 4.48. The summed E-state index contributed by atoms with van der Waals surface area (Å²) in [6, 6.07) is 10.9. The van der Waals surface area contributed by atoms with E-state index >= 15 is 0 Å². The number of hydrogen-bond donors (Lipinski definition) is 0. The predicted molar refractivity (Wildman–Crippen MR) is 91.1 cm³/mol. The highest BCUT2D eigenvalue weighted by Gasteiger charge is 2.22. The zero-order valence-electron chi connectivity index (χ0n) is 13.4. The number of rotatable bonds is 3. The average Bonchev–Trinajstić information content (AvgIpc) is 2.52. The number of hydrogen-bond acceptors (Lipinski definition) is 1. The molecule has 2 unspecified atom stereocenters. The van der Waals surface area contributed by atoms with Crippen molar-refractivity contribution in [2.24, 2.45) is 11.8 Å². The molecule has 1 aromatic rings. The molecule has 0 aromatic heterocycles. The normalized spacial score (nSPS) is 26.0. The highest BCUT2D eigenvalue weighted by Crippen LogP contribution is 2.36. The third-order valence-electron chi connectivity index (χ3n) is 4.89. The van der Waals surface area contributed by atoms with E-state index in [2.05, 4.69) is 61.2 Å². The van der Waals surface area contributed by atoms with Crippen LogP contribution in [0.1, 0.15) is 52.4 Å². The molecular formula is C20H27N. The van der Waals surface area contributed by atoms with Gasteiger partial charge in [-0.2, -0.15) is 0 Å². The second-order valence-corrected chi connectivity index (χ2v) is 6.82. The van der Waals surface area contributed by atoms with Gasteiger partial charge in [-0.15, -0.1) is 0 Å². The van der Waals surface area contributed by atoms with Gasteiger partial charge in [0.05, 0.1) is 0 Å². The van der Waals surface area contributed by atoms with Crippen LogP contribution in [0.2, 0.25) is 0 Å². The predicted octanol–water partition coefficient (Wildman–Crippen LogP) is 5.90. The number of nitrogens with zero attached hydrogens (tertiary/aromatic N) is 1. The van der Waals surface area contributed by atoms with E-state index < -0.39 is 0 Å². The summed E-state index contributed by atoms with van der Waals surface area (Å²) in [5.41, 5.74) is 4.36. The second kappa shape index (κ2) is 6.51. The molecule has 0 radical (unpaired) electrons. The highest BCUT2D eigenvalue weighted by atomic mass is 15.2. The molecule has 0 amide bonds. The lowest BCUT2D eigenvalue weighted by atomic mass is 9.90. The Labute approximate surface area is 129 Å². The van der Waals surface area contributed by atoms with Crippen molar-refractivity contribution < 1.29 is 0 Å². The summed E-state index contributed by atoms with van der Waals surface area (Å²) in [6.07, 6.45) is 12.5. The maximum atomic E-state index is 2.54. The Morgan fingerprint density at radius 1 is 0.810 bits per heavy atom. The van der Waals surface area contributed by atoms with Gasteiger partial charge in [0.2, 0.25) is 0 Å². The van der Waals surface area contributed by atoms with Crippen molar-refractivity contribution in [3.63, 3.8) is 0 Å². The molecule has 1 heteroatoms. The molecule has 0 saturated heterocycles. The summed E-state index contributed by atoms with van der Waals surface area (Å²) < 4.78 is 0. The van der Waals surface area contributed by atoms with E-state index in [4.69, 9.17) is 0 Å². The Balaban J connectivity index is 1.92. The number of allylic oxidation sites excluding steroid dienone is 4. The zero-order valence-corrected chi connectivity index (χ0v) is 13.4. The monoisotopic (exact) mass is 281 g/mol. The highest BCUT2D eigenvalue weighted by molar-refractivity contribution is 5.58. The molecule has 2 atom stereocenters. The van der Waals surface area contributed by atoms with Crippen molar-refractivity contribution in [1.82, 2.24) is 0 Å². The van der Waals surface area contributed by atoms with Crippen LogP contribution in [-0.2, 0) is 0 Å². The molecule has 0 saturated carbocycles. The standard InChI is InChI=1S/C20H27N/c1-16-8-12-19(13-9-16)21(18-6-4-3-5-7-18)20-14-10-17(2)11-15-20/h3-7,12,14,16-17H,8-11,13,15H2,1-2H3. The summed E-state index contributed by atoms with van der Waals surface area (Å²) in [5, 5.41) is 0. The van der Waals surface area contributed by atoms with Gasteiger partial charge in [0.25, 0.3) is 0 Å². The molecule has 0 fully saturated rings. The van der Waals surface area contributed by atoms with Gasteiger partial charge >= 0.3 is 0 Å². The number of benzene rings is 1. The van der Waals surface area contributed by atoms with E-state index in [1.165, 1.54) is 55.6 Å². The molecule has 3 rings (SSSR count). The van der Waals surface area contributed by atoms with Crippen LogP contribution in [0.3, 0.4) is 0 Å². The van der Waals surface area contributed by atoms with Gasteiger partial charge in [-0.3, -0.25) is 0 Å². The molecule has 112 valence electrons. The molecule has 21 heavy (non-hydrogen) atoms. The van der Waals surface area contributed by atoms with Crippen LogP contribution < -0.4 is 4.90 Å². The summed E-state index contributed by atoms with van der Waals surface area (Å²) in [7, 11) is 0. The van der Waals surface area contributed by atoms with Gasteiger partial charge in [0.15, 0.2) is 0 Å². The maximum absolute atomic E-state index is 2.54. The van der Waals surface area contributed by atoms with E-state index in [1.54, 1.807) is 0 Å². The lowest BCUT2D eigenvalue weighted by Gasteiger charge is -2.35. The minimum absolute atomic E-state index is 0.840. The molecule has 0 bridgehead atoms. The quantitative estimate of drug-likeness (QED) is 0.666. The van der Waals surface area contributed by atoms with E-state index in [0.29, 0.717) is 0 Å². The lowest BCUT2D eigenvalue weighted by molar-refractivity contribution is 0.493. The van der Waals surface area contributed by atoms with E-state index in [9.17, 15) is 0 Å². The summed E-state index contributed by atoms with van der Waals surface area (Å²) in [6.45, 7) is 4.73. The zero-order chi connectivity index (χ0) is 14.7. The van der Waals surface area contributed by atoms with Crippen molar-refractivity contribution in [2.75, 3.05) is 4.90 Å². The fourth-order valence-electron chi connectivity index (χ4n) is 3.40. The summed E-state index contributed by atoms with van der Waals surface area (Å²) in [4.78, 5) is 2.54. The van der Waals surface area contributed by atoms with Crippen LogP contribution in [-0.4, -0.2) is 0 Å². The summed E-state index contributed by atoms with van der Waals surface area (Å²) >= 11 is 0. The molecule has 1 aromatic carbocycles. The Hall–Kier alpha value is -1.50. The van der Waals surface area contributed by atoms with Crippen LogP contribution in [0.15, 0.2) is 53.9 Å². The van der Waals surface area contributed by atoms with Gasteiger partial charge in [-0.25, -0.2) is 0 Å². The Bertz CT molecular complexity index is 496. The average molecular weight is 281 g/mol. The van der Waals surface area contributed by atoms with Gasteiger partial charge in [0, 0.05) is 17.1 Å². The Morgan fingerprint density at radius 2 is 1.33 bits per heavy atom. The first kappa shape index (κ1) is 14.4. The van der Waals surface area contributed by atoms with E-state index in [1.807, 2.05) is 0 Å². The third-order valence-corrected chi connectivity index (χ3v) is 4.89. The van der Waals surface area contributed by atoms with Crippen molar-refractivity contribution >= 4 is 5.69 Å². The van der Waals surface area contributed by atoms with Crippen LogP contribution in [0.25, 0.3) is 0 Å². The van der Waals surface area contributed by atoms with Crippen molar-refractivity contribution in [3.8, 4) is 0 Å². The largest absolute Gasteiger partial charge is 0.319 e. The molecular weight excluding hydrogens is 254 g/mol.